The van der Waals surface area contributed by atoms with Gasteiger partial charge in [0.2, 0.25) is 0 Å². The van der Waals surface area contributed by atoms with Crippen LogP contribution in [-0.4, -0.2) is 22.7 Å². The quantitative estimate of drug-likeness (QED) is 0.848. The summed E-state index contributed by atoms with van der Waals surface area (Å²) in [6, 6.07) is 12.0. The topological polar surface area (TPSA) is 45.1 Å². The Bertz CT molecular complexity index is 496. The van der Waals surface area contributed by atoms with Crippen LogP contribution in [0.4, 0.5) is 5.82 Å². The predicted octanol–water partition coefficient (Wildman–Crippen LogP) is 2.66. The predicted molar refractivity (Wildman–Crippen MR) is 71.1 cm³/mol. The van der Waals surface area contributed by atoms with Gasteiger partial charge in [0.05, 0.1) is 11.6 Å². The van der Waals surface area contributed by atoms with E-state index in [-0.39, 0.29) is 12.0 Å². The van der Waals surface area contributed by atoms with E-state index >= 15 is 0 Å². The number of pyridine rings is 1. The number of aliphatic hydroxyl groups is 1. The lowest BCUT2D eigenvalue weighted by Crippen LogP contribution is -2.25. The Morgan fingerprint density at radius 1 is 1.18 bits per heavy atom. The second-order valence-electron chi connectivity index (χ2n) is 4.58. The largest absolute Gasteiger partial charge is 0.391 e. The van der Waals surface area contributed by atoms with Crippen LogP contribution in [0.15, 0.2) is 36.4 Å². The van der Waals surface area contributed by atoms with Crippen molar-refractivity contribution in [2.45, 2.75) is 20.0 Å². The van der Waals surface area contributed by atoms with Gasteiger partial charge in [0.1, 0.15) is 5.82 Å². The third kappa shape index (κ3) is 2.94. The first-order chi connectivity index (χ1) is 8.16. The summed E-state index contributed by atoms with van der Waals surface area (Å²) < 4.78 is 0. The van der Waals surface area contributed by atoms with Gasteiger partial charge in [-0.3, -0.25) is 0 Å². The van der Waals surface area contributed by atoms with Crippen LogP contribution in [0.3, 0.4) is 0 Å². The minimum atomic E-state index is -0.344. The third-order valence-electron chi connectivity index (χ3n) is 2.86. The van der Waals surface area contributed by atoms with Gasteiger partial charge in [-0.2, -0.15) is 0 Å². The highest BCUT2D eigenvalue weighted by molar-refractivity contribution is 5.79. The van der Waals surface area contributed by atoms with Crippen molar-refractivity contribution in [1.82, 2.24) is 4.98 Å². The molecule has 1 aromatic heterocycles. The van der Waals surface area contributed by atoms with E-state index < -0.39 is 0 Å². The SMILES string of the molecule is CC(C)C(O)CNc1ccc2ccccc2n1. The molecule has 0 amide bonds. The average molecular weight is 230 g/mol. The summed E-state index contributed by atoms with van der Waals surface area (Å²) in [5.41, 5.74) is 0.969. The van der Waals surface area contributed by atoms with Crippen LogP contribution >= 0.6 is 0 Å². The molecule has 2 N–H and O–H groups in total. The molecule has 0 saturated heterocycles. The van der Waals surface area contributed by atoms with Crippen molar-refractivity contribution in [3.05, 3.63) is 36.4 Å². The molecule has 0 aliphatic heterocycles. The Morgan fingerprint density at radius 3 is 2.71 bits per heavy atom. The molecule has 17 heavy (non-hydrogen) atoms. The summed E-state index contributed by atoms with van der Waals surface area (Å²) >= 11 is 0. The molecule has 0 saturated carbocycles. The summed E-state index contributed by atoms with van der Waals surface area (Å²) in [6.45, 7) is 4.53. The fourth-order valence-corrected chi connectivity index (χ4v) is 1.61. The summed E-state index contributed by atoms with van der Waals surface area (Å²) in [5.74, 6) is 1.06. The van der Waals surface area contributed by atoms with Gasteiger partial charge in [0, 0.05) is 11.9 Å². The first-order valence-electron chi connectivity index (χ1n) is 5.94. The fourth-order valence-electron chi connectivity index (χ4n) is 1.61. The van der Waals surface area contributed by atoms with Crippen LogP contribution in [0, 0.1) is 5.92 Å². The van der Waals surface area contributed by atoms with Crippen LogP contribution < -0.4 is 5.32 Å². The number of hydrogen-bond acceptors (Lipinski definition) is 3. The minimum absolute atomic E-state index is 0.253. The normalized spacial score (nSPS) is 12.9. The molecule has 2 rings (SSSR count). The number of para-hydroxylation sites is 1. The van der Waals surface area contributed by atoms with Gasteiger partial charge < -0.3 is 10.4 Å². The molecular formula is C14H18N2O. The molecule has 3 nitrogen and oxygen atoms in total. The number of rotatable bonds is 4. The zero-order chi connectivity index (χ0) is 12.3. The monoisotopic (exact) mass is 230 g/mol. The summed E-state index contributed by atoms with van der Waals surface area (Å²) in [4.78, 5) is 4.48. The van der Waals surface area contributed by atoms with Gasteiger partial charge in [-0.15, -0.1) is 0 Å². The molecule has 0 aliphatic rings. The smallest absolute Gasteiger partial charge is 0.126 e. The molecule has 3 heteroatoms. The highest BCUT2D eigenvalue weighted by Gasteiger charge is 2.08. The lowest BCUT2D eigenvalue weighted by Gasteiger charge is -2.15. The van der Waals surface area contributed by atoms with E-state index in [1.807, 2.05) is 50.2 Å². The number of nitrogens with zero attached hydrogens (tertiary/aromatic N) is 1. The number of fused-ring (bicyclic) bond motifs is 1. The van der Waals surface area contributed by atoms with Crippen LogP contribution in [0.25, 0.3) is 10.9 Å². The Kier molecular flexibility index (Phi) is 3.59. The second kappa shape index (κ2) is 5.15. The van der Waals surface area contributed by atoms with E-state index in [4.69, 9.17) is 0 Å². The summed E-state index contributed by atoms with van der Waals surface area (Å²) in [7, 11) is 0. The molecule has 0 aliphatic carbocycles. The van der Waals surface area contributed by atoms with E-state index in [2.05, 4.69) is 10.3 Å². The van der Waals surface area contributed by atoms with Gasteiger partial charge in [0.15, 0.2) is 0 Å². The number of nitrogens with one attached hydrogen (secondary N) is 1. The van der Waals surface area contributed by atoms with Crippen LogP contribution in [0.1, 0.15) is 13.8 Å². The van der Waals surface area contributed by atoms with Gasteiger partial charge in [-0.1, -0.05) is 32.0 Å². The third-order valence-corrected chi connectivity index (χ3v) is 2.86. The number of anilines is 1. The lowest BCUT2D eigenvalue weighted by atomic mass is 10.1. The number of aliphatic hydroxyl groups excluding tert-OH is 1. The van der Waals surface area contributed by atoms with Crippen LogP contribution in [0.2, 0.25) is 0 Å². The molecule has 1 atom stereocenters. The van der Waals surface area contributed by atoms with Gasteiger partial charge in [-0.05, 0) is 24.1 Å². The first kappa shape index (κ1) is 11.9. The van der Waals surface area contributed by atoms with Crippen molar-refractivity contribution in [2.24, 2.45) is 5.92 Å². The van der Waals surface area contributed by atoms with E-state index in [1.165, 1.54) is 0 Å². The Balaban J connectivity index is 2.09. The van der Waals surface area contributed by atoms with E-state index in [9.17, 15) is 5.11 Å². The van der Waals surface area contributed by atoms with Gasteiger partial charge in [0.25, 0.3) is 0 Å². The summed E-state index contributed by atoms with van der Waals surface area (Å²) in [6.07, 6.45) is -0.344. The van der Waals surface area contributed by atoms with Gasteiger partial charge >= 0.3 is 0 Å². The molecule has 1 heterocycles. The average Bonchev–Trinajstić information content (AvgIpc) is 2.35. The van der Waals surface area contributed by atoms with Crippen LogP contribution in [0.5, 0.6) is 0 Å². The highest BCUT2D eigenvalue weighted by Crippen LogP contribution is 2.14. The van der Waals surface area contributed by atoms with Gasteiger partial charge in [-0.25, -0.2) is 4.98 Å². The van der Waals surface area contributed by atoms with Crippen LogP contribution in [-0.2, 0) is 0 Å². The number of aromatic nitrogens is 1. The Hall–Kier alpha value is -1.61. The molecule has 1 aromatic carbocycles. The maximum atomic E-state index is 9.71. The molecule has 0 bridgehead atoms. The lowest BCUT2D eigenvalue weighted by molar-refractivity contribution is 0.138. The molecular weight excluding hydrogens is 212 g/mol. The minimum Gasteiger partial charge on any atom is -0.391 e. The molecule has 0 spiro atoms. The van der Waals surface area contributed by atoms with Crippen molar-refractivity contribution >= 4 is 16.7 Å². The summed E-state index contributed by atoms with van der Waals surface area (Å²) in [5, 5.41) is 14.0. The van der Waals surface area contributed by atoms with Crippen molar-refractivity contribution in [2.75, 3.05) is 11.9 Å². The van der Waals surface area contributed by atoms with E-state index in [1.54, 1.807) is 0 Å². The Morgan fingerprint density at radius 2 is 1.94 bits per heavy atom. The molecule has 0 radical (unpaired) electrons. The molecule has 0 fully saturated rings. The zero-order valence-corrected chi connectivity index (χ0v) is 10.2. The maximum Gasteiger partial charge on any atom is 0.126 e. The molecule has 90 valence electrons. The van der Waals surface area contributed by atoms with E-state index in [0.717, 1.165) is 16.7 Å². The van der Waals surface area contributed by atoms with Crippen molar-refractivity contribution < 1.29 is 5.11 Å². The molecule has 1 unspecified atom stereocenters. The second-order valence-corrected chi connectivity index (χ2v) is 4.58. The standard InChI is InChI=1S/C14H18N2O/c1-10(2)13(17)9-15-14-8-7-11-5-3-4-6-12(11)16-14/h3-8,10,13,17H,9H2,1-2H3,(H,15,16). The van der Waals surface area contributed by atoms with Crippen molar-refractivity contribution in [1.29, 1.82) is 0 Å². The fraction of sp³-hybridized carbons (Fsp3) is 0.357. The molecule has 2 aromatic rings. The first-order valence-corrected chi connectivity index (χ1v) is 5.94. The van der Waals surface area contributed by atoms with E-state index in [0.29, 0.717) is 6.54 Å². The van der Waals surface area contributed by atoms with Crippen molar-refractivity contribution in [3.8, 4) is 0 Å². The highest BCUT2D eigenvalue weighted by atomic mass is 16.3. The number of benzene rings is 1. The van der Waals surface area contributed by atoms with Crippen molar-refractivity contribution in [3.63, 3.8) is 0 Å². The zero-order valence-electron chi connectivity index (χ0n) is 10.2. The Labute approximate surface area is 102 Å². The number of hydrogen-bond donors (Lipinski definition) is 2. The maximum absolute atomic E-state index is 9.71.